The van der Waals surface area contributed by atoms with Crippen LogP contribution in [0.1, 0.15) is 15.9 Å². The average molecular weight is 298 g/mol. The zero-order chi connectivity index (χ0) is 15.5. The van der Waals surface area contributed by atoms with Crippen molar-refractivity contribution in [3.8, 4) is 11.4 Å². The highest BCUT2D eigenvalue weighted by atomic mass is 19.1. The molecule has 1 aromatic heterocycles. The topological polar surface area (TPSA) is 80.9 Å². The maximum absolute atomic E-state index is 13.3. The Morgan fingerprint density at radius 2 is 1.95 bits per heavy atom. The number of halogens is 1. The number of rotatable bonds is 4. The molecule has 6 nitrogen and oxygen atoms in total. The summed E-state index contributed by atoms with van der Waals surface area (Å²) in [4.78, 5) is 10.8. The van der Waals surface area contributed by atoms with Crippen LogP contribution in [-0.4, -0.2) is 31.3 Å². The molecule has 22 heavy (non-hydrogen) atoms. The minimum absolute atomic E-state index is 0.214. The summed E-state index contributed by atoms with van der Waals surface area (Å²) in [7, 11) is 0. The molecule has 110 valence electrons. The lowest BCUT2D eigenvalue weighted by atomic mass is 10.1. The van der Waals surface area contributed by atoms with Gasteiger partial charge in [0.05, 0.1) is 12.1 Å². The van der Waals surface area contributed by atoms with Crippen molar-refractivity contribution < 1.29 is 14.3 Å². The molecule has 0 amide bonds. The highest BCUT2D eigenvalue weighted by molar-refractivity contribution is 5.87. The van der Waals surface area contributed by atoms with E-state index in [4.69, 9.17) is 5.11 Å². The molecule has 3 aromatic rings. The fraction of sp³-hybridized carbons (Fsp3) is 0.0667. The Bertz CT molecular complexity index is 814. The van der Waals surface area contributed by atoms with Crippen LogP contribution in [0.4, 0.5) is 4.39 Å². The second kappa shape index (κ2) is 5.72. The van der Waals surface area contributed by atoms with Crippen molar-refractivity contribution in [3.05, 3.63) is 65.5 Å². The Balaban J connectivity index is 1.88. The van der Waals surface area contributed by atoms with Gasteiger partial charge in [-0.25, -0.2) is 13.9 Å². The van der Waals surface area contributed by atoms with Crippen molar-refractivity contribution >= 4 is 5.97 Å². The molecule has 0 aliphatic rings. The van der Waals surface area contributed by atoms with Crippen LogP contribution in [0, 0.1) is 5.82 Å². The van der Waals surface area contributed by atoms with Crippen LogP contribution in [0.15, 0.2) is 48.5 Å². The minimum Gasteiger partial charge on any atom is -0.478 e. The Morgan fingerprint density at radius 1 is 1.18 bits per heavy atom. The van der Waals surface area contributed by atoms with E-state index in [-0.39, 0.29) is 11.4 Å². The number of carbonyl (C=O) groups is 1. The first-order valence-electron chi connectivity index (χ1n) is 6.48. The van der Waals surface area contributed by atoms with Gasteiger partial charge in [0.2, 0.25) is 0 Å². The van der Waals surface area contributed by atoms with E-state index >= 15 is 0 Å². The molecular formula is C15H11FN4O2. The number of carboxylic acids is 1. The molecule has 0 saturated heterocycles. The molecule has 0 spiro atoms. The quantitative estimate of drug-likeness (QED) is 0.798. The number of hydrogen-bond acceptors (Lipinski definition) is 4. The third-order valence-electron chi connectivity index (χ3n) is 3.15. The maximum Gasteiger partial charge on any atom is 0.335 e. The average Bonchev–Trinajstić information content (AvgIpc) is 2.96. The predicted octanol–water partition coefficient (Wildman–Crippen LogP) is 2.23. The van der Waals surface area contributed by atoms with Crippen molar-refractivity contribution in [2.45, 2.75) is 6.54 Å². The third kappa shape index (κ3) is 2.83. The molecule has 7 heteroatoms. The van der Waals surface area contributed by atoms with E-state index in [1.165, 1.54) is 28.9 Å². The number of benzene rings is 2. The Kier molecular flexibility index (Phi) is 3.61. The molecule has 0 aliphatic carbocycles. The fourth-order valence-corrected chi connectivity index (χ4v) is 2.07. The summed E-state index contributed by atoms with van der Waals surface area (Å²) in [6.07, 6.45) is 0. The lowest BCUT2D eigenvalue weighted by molar-refractivity contribution is 0.0697. The molecule has 0 saturated carbocycles. The van der Waals surface area contributed by atoms with E-state index in [1.807, 2.05) is 0 Å². The molecule has 0 radical (unpaired) electrons. The van der Waals surface area contributed by atoms with E-state index in [0.29, 0.717) is 17.9 Å². The van der Waals surface area contributed by atoms with Gasteiger partial charge in [-0.15, -0.1) is 5.10 Å². The maximum atomic E-state index is 13.3. The van der Waals surface area contributed by atoms with Crippen LogP contribution in [0.5, 0.6) is 0 Å². The Labute approximate surface area is 124 Å². The van der Waals surface area contributed by atoms with Gasteiger partial charge in [0.15, 0.2) is 5.82 Å². The number of hydrogen-bond donors (Lipinski definition) is 1. The Hall–Kier alpha value is -3.09. The van der Waals surface area contributed by atoms with E-state index in [0.717, 1.165) is 5.56 Å². The standard InChI is InChI=1S/C15H11FN4O2/c16-13-3-1-2-12(8-13)14-17-18-19-20(14)9-10-4-6-11(7-5-10)15(21)22/h1-8H,9H2,(H,21,22). The van der Waals surface area contributed by atoms with E-state index in [2.05, 4.69) is 15.5 Å². The first kappa shape index (κ1) is 13.9. The SMILES string of the molecule is O=C(O)c1ccc(Cn2nnnc2-c2cccc(F)c2)cc1. The summed E-state index contributed by atoms with van der Waals surface area (Å²) in [5.74, 6) is -0.894. The number of tetrazole rings is 1. The van der Waals surface area contributed by atoms with Crippen LogP contribution in [-0.2, 0) is 6.54 Å². The fourth-order valence-electron chi connectivity index (χ4n) is 2.07. The lowest BCUT2D eigenvalue weighted by Gasteiger charge is -2.05. The zero-order valence-corrected chi connectivity index (χ0v) is 11.3. The van der Waals surface area contributed by atoms with Gasteiger partial charge in [0.1, 0.15) is 5.82 Å². The molecule has 1 N–H and O–H groups in total. The summed E-state index contributed by atoms with van der Waals surface area (Å²) >= 11 is 0. The smallest absolute Gasteiger partial charge is 0.335 e. The van der Waals surface area contributed by atoms with Crippen LogP contribution >= 0.6 is 0 Å². The summed E-state index contributed by atoms with van der Waals surface area (Å²) in [6, 6.07) is 12.4. The lowest BCUT2D eigenvalue weighted by Crippen LogP contribution is -2.05. The highest BCUT2D eigenvalue weighted by Crippen LogP contribution is 2.17. The number of aromatic carboxylic acids is 1. The van der Waals surface area contributed by atoms with Crippen molar-refractivity contribution in [2.24, 2.45) is 0 Å². The monoisotopic (exact) mass is 298 g/mol. The van der Waals surface area contributed by atoms with Gasteiger partial charge in [0, 0.05) is 5.56 Å². The molecule has 1 heterocycles. The van der Waals surface area contributed by atoms with Crippen LogP contribution in [0.25, 0.3) is 11.4 Å². The molecule has 0 unspecified atom stereocenters. The van der Waals surface area contributed by atoms with Crippen molar-refractivity contribution in [3.63, 3.8) is 0 Å². The second-order valence-electron chi connectivity index (χ2n) is 4.67. The summed E-state index contributed by atoms with van der Waals surface area (Å²) in [5.41, 5.74) is 1.63. The van der Waals surface area contributed by atoms with Crippen LogP contribution in [0.3, 0.4) is 0 Å². The van der Waals surface area contributed by atoms with Gasteiger partial charge in [-0.05, 0) is 40.3 Å². The van der Waals surface area contributed by atoms with Gasteiger partial charge >= 0.3 is 5.97 Å². The van der Waals surface area contributed by atoms with Gasteiger partial charge in [0.25, 0.3) is 0 Å². The highest BCUT2D eigenvalue weighted by Gasteiger charge is 2.10. The van der Waals surface area contributed by atoms with E-state index in [1.54, 1.807) is 24.3 Å². The minimum atomic E-state index is -0.977. The molecule has 0 bridgehead atoms. The molecule has 3 rings (SSSR count). The number of nitrogens with zero attached hydrogens (tertiary/aromatic N) is 4. The molecule has 0 aliphatic heterocycles. The van der Waals surface area contributed by atoms with E-state index in [9.17, 15) is 9.18 Å². The van der Waals surface area contributed by atoms with Crippen molar-refractivity contribution in [2.75, 3.05) is 0 Å². The van der Waals surface area contributed by atoms with Gasteiger partial charge < -0.3 is 5.11 Å². The van der Waals surface area contributed by atoms with Crippen molar-refractivity contribution in [1.82, 2.24) is 20.2 Å². The zero-order valence-electron chi connectivity index (χ0n) is 11.3. The largest absolute Gasteiger partial charge is 0.478 e. The predicted molar refractivity (Wildman–Crippen MR) is 75.7 cm³/mol. The molecule has 0 atom stereocenters. The first-order chi connectivity index (χ1) is 10.6. The number of carboxylic acid groups (broad SMARTS) is 1. The van der Waals surface area contributed by atoms with Gasteiger partial charge in [-0.1, -0.05) is 24.3 Å². The molecule has 2 aromatic carbocycles. The normalized spacial score (nSPS) is 10.6. The summed E-state index contributed by atoms with van der Waals surface area (Å²) < 4.78 is 14.8. The molecular weight excluding hydrogens is 287 g/mol. The molecule has 0 fully saturated rings. The third-order valence-corrected chi connectivity index (χ3v) is 3.15. The Morgan fingerprint density at radius 3 is 2.64 bits per heavy atom. The number of aromatic nitrogens is 4. The van der Waals surface area contributed by atoms with Gasteiger partial charge in [-0.3, -0.25) is 0 Å². The summed E-state index contributed by atoms with van der Waals surface area (Å²) in [5, 5.41) is 20.3. The van der Waals surface area contributed by atoms with Crippen LogP contribution in [0.2, 0.25) is 0 Å². The van der Waals surface area contributed by atoms with Crippen molar-refractivity contribution in [1.29, 1.82) is 0 Å². The van der Waals surface area contributed by atoms with E-state index < -0.39 is 5.97 Å². The van der Waals surface area contributed by atoms with Crippen LogP contribution < -0.4 is 0 Å². The first-order valence-corrected chi connectivity index (χ1v) is 6.48. The summed E-state index contributed by atoms with van der Waals surface area (Å²) in [6.45, 7) is 0.360. The van der Waals surface area contributed by atoms with Gasteiger partial charge in [-0.2, -0.15) is 0 Å². The second-order valence-corrected chi connectivity index (χ2v) is 4.67.